The van der Waals surface area contributed by atoms with E-state index in [1.807, 2.05) is 12.1 Å². The Labute approximate surface area is 117 Å². The molecular weight excluding hydrogens is 232 g/mol. The quantitative estimate of drug-likeness (QED) is 0.786. The zero-order valence-corrected chi connectivity index (χ0v) is 12.4. The minimum Gasteiger partial charge on any atom is -0.370 e. The van der Waals surface area contributed by atoms with Crippen LogP contribution < -0.4 is 4.90 Å². The number of nitriles is 1. The number of hydrogen-bond acceptors (Lipinski definition) is 2. The third-order valence-corrected chi connectivity index (χ3v) is 4.29. The molecule has 0 amide bonds. The fraction of sp³-hybridized carbons (Fsp3) is 0.588. The van der Waals surface area contributed by atoms with Crippen LogP contribution in [-0.2, 0) is 0 Å². The molecule has 0 aromatic heterocycles. The molecule has 1 aliphatic rings. The second kappa shape index (κ2) is 5.65. The summed E-state index contributed by atoms with van der Waals surface area (Å²) in [5, 5.41) is 9.03. The van der Waals surface area contributed by atoms with Crippen LogP contribution in [0.15, 0.2) is 18.2 Å². The number of aryl methyl sites for hydroxylation is 1. The molecule has 1 saturated heterocycles. The van der Waals surface area contributed by atoms with Crippen molar-refractivity contribution in [3.8, 4) is 6.07 Å². The Morgan fingerprint density at radius 2 is 1.84 bits per heavy atom. The van der Waals surface area contributed by atoms with Gasteiger partial charge in [-0.1, -0.05) is 32.8 Å². The smallest absolute Gasteiger partial charge is 0.0992 e. The maximum Gasteiger partial charge on any atom is 0.0992 e. The van der Waals surface area contributed by atoms with E-state index < -0.39 is 0 Å². The third kappa shape index (κ3) is 2.76. The number of hydrogen-bond donors (Lipinski definition) is 0. The van der Waals surface area contributed by atoms with Gasteiger partial charge in [-0.3, -0.25) is 0 Å². The molecule has 102 valence electrons. The van der Waals surface area contributed by atoms with Gasteiger partial charge < -0.3 is 4.90 Å². The largest absolute Gasteiger partial charge is 0.370 e. The summed E-state index contributed by atoms with van der Waals surface area (Å²) in [5.74, 6) is 0. The molecule has 1 heterocycles. The van der Waals surface area contributed by atoms with Crippen LogP contribution in [0.4, 0.5) is 5.69 Å². The average molecular weight is 256 g/mol. The van der Waals surface area contributed by atoms with Crippen LogP contribution in [0.3, 0.4) is 0 Å². The molecule has 1 aromatic carbocycles. The molecule has 0 unspecified atom stereocenters. The van der Waals surface area contributed by atoms with E-state index in [9.17, 15) is 0 Å². The lowest BCUT2D eigenvalue weighted by Gasteiger charge is -2.52. The normalized spacial score (nSPS) is 16.8. The molecule has 2 nitrogen and oxygen atoms in total. The molecule has 0 spiro atoms. The third-order valence-electron chi connectivity index (χ3n) is 4.29. The molecule has 19 heavy (non-hydrogen) atoms. The Morgan fingerprint density at radius 3 is 2.37 bits per heavy atom. The van der Waals surface area contributed by atoms with Crippen molar-refractivity contribution in [2.75, 3.05) is 18.0 Å². The van der Waals surface area contributed by atoms with Gasteiger partial charge >= 0.3 is 0 Å². The van der Waals surface area contributed by atoms with Crippen LogP contribution >= 0.6 is 0 Å². The molecule has 0 bridgehead atoms. The number of benzene rings is 1. The highest BCUT2D eigenvalue weighted by atomic mass is 15.2. The highest BCUT2D eigenvalue weighted by Crippen LogP contribution is 2.42. The standard InChI is InChI=1S/C17H24N2/c1-4-8-17(9-5-2)12-19(13-17)16-10-15(11-18)7-6-14(16)3/h6-7,10H,4-5,8-9,12-13H2,1-3H3. The SMILES string of the molecule is CCCC1(CCC)CN(c2cc(C#N)ccc2C)C1. The van der Waals surface area contributed by atoms with E-state index in [1.165, 1.54) is 36.9 Å². The Balaban J connectivity index is 2.13. The van der Waals surface area contributed by atoms with Gasteiger partial charge in [0.15, 0.2) is 0 Å². The van der Waals surface area contributed by atoms with Gasteiger partial charge in [-0.2, -0.15) is 5.26 Å². The van der Waals surface area contributed by atoms with E-state index in [1.54, 1.807) is 0 Å². The molecule has 0 radical (unpaired) electrons. The van der Waals surface area contributed by atoms with Crippen molar-refractivity contribution in [1.82, 2.24) is 0 Å². The van der Waals surface area contributed by atoms with Gasteiger partial charge in [-0.05, 0) is 37.5 Å². The molecule has 0 saturated carbocycles. The molecule has 1 aromatic rings. The van der Waals surface area contributed by atoms with Crippen molar-refractivity contribution >= 4 is 5.69 Å². The molecule has 1 aliphatic heterocycles. The molecule has 0 N–H and O–H groups in total. The maximum atomic E-state index is 9.03. The first-order valence-corrected chi connectivity index (χ1v) is 7.40. The second-order valence-corrected chi connectivity index (χ2v) is 5.97. The lowest BCUT2D eigenvalue weighted by molar-refractivity contribution is 0.173. The van der Waals surface area contributed by atoms with Crippen molar-refractivity contribution in [3.05, 3.63) is 29.3 Å². The van der Waals surface area contributed by atoms with Gasteiger partial charge in [-0.15, -0.1) is 0 Å². The van der Waals surface area contributed by atoms with Crippen LogP contribution in [0.1, 0.15) is 50.7 Å². The van der Waals surface area contributed by atoms with E-state index in [-0.39, 0.29) is 0 Å². The number of nitrogens with zero attached hydrogens (tertiary/aromatic N) is 2. The van der Waals surface area contributed by atoms with Crippen molar-refractivity contribution in [2.24, 2.45) is 5.41 Å². The van der Waals surface area contributed by atoms with E-state index >= 15 is 0 Å². The molecule has 2 heteroatoms. The Morgan fingerprint density at radius 1 is 1.21 bits per heavy atom. The average Bonchev–Trinajstić information content (AvgIpc) is 2.36. The van der Waals surface area contributed by atoms with E-state index in [0.29, 0.717) is 5.41 Å². The van der Waals surface area contributed by atoms with Crippen molar-refractivity contribution in [1.29, 1.82) is 5.26 Å². The monoisotopic (exact) mass is 256 g/mol. The molecule has 0 atom stereocenters. The van der Waals surface area contributed by atoms with Crippen LogP contribution in [0, 0.1) is 23.7 Å². The van der Waals surface area contributed by atoms with Crippen LogP contribution in [0.5, 0.6) is 0 Å². The van der Waals surface area contributed by atoms with Gasteiger partial charge in [0.2, 0.25) is 0 Å². The zero-order valence-electron chi connectivity index (χ0n) is 12.4. The summed E-state index contributed by atoms with van der Waals surface area (Å²) in [7, 11) is 0. The Bertz CT molecular complexity index is 471. The minimum absolute atomic E-state index is 0.526. The van der Waals surface area contributed by atoms with Gasteiger partial charge in [0.05, 0.1) is 11.6 Å². The first-order valence-electron chi connectivity index (χ1n) is 7.40. The summed E-state index contributed by atoms with van der Waals surface area (Å²) in [4.78, 5) is 2.45. The molecular formula is C17H24N2. The van der Waals surface area contributed by atoms with Crippen LogP contribution in [0.25, 0.3) is 0 Å². The first-order chi connectivity index (χ1) is 9.14. The second-order valence-electron chi connectivity index (χ2n) is 5.97. The molecule has 2 rings (SSSR count). The fourth-order valence-corrected chi connectivity index (χ4v) is 3.46. The van der Waals surface area contributed by atoms with E-state index in [4.69, 9.17) is 5.26 Å². The summed E-state index contributed by atoms with van der Waals surface area (Å²) < 4.78 is 0. The predicted molar refractivity (Wildman–Crippen MR) is 80.4 cm³/mol. The van der Waals surface area contributed by atoms with Gasteiger partial charge in [-0.25, -0.2) is 0 Å². The summed E-state index contributed by atoms with van der Waals surface area (Å²) in [6.45, 7) is 9.01. The summed E-state index contributed by atoms with van der Waals surface area (Å²) in [5.41, 5.74) is 3.82. The molecule has 1 fully saturated rings. The molecule has 0 aliphatic carbocycles. The van der Waals surface area contributed by atoms with E-state index in [0.717, 1.165) is 18.7 Å². The summed E-state index contributed by atoms with van der Waals surface area (Å²) in [6, 6.07) is 8.25. The Hall–Kier alpha value is -1.49. The highest BCUT2D eigenvalue weighted by molar-refractivity contribution is 5.59. The van der Waals surface area contributed by atoms with Crippen molar-refractivity contribution in [2.45, 2.75) is 46.5 Å². The Kier molecular flexibility index (Phi) is 4.14. The van der Waals surface area contributed by atoms with Crippen LogP contribution in [-0.4, -0.2) is 13.1 Å². The van der Waals surface area contributed by atoms with Gasteiger partial charge in [0.1, 0.15) is 0 Å². The number of rotatable bonds is 5. The lowest BCUT2D eigenvalue weighted by Crippen LogP contribution is -2.56. The van der Waals surface area contributed by atoms with Gasteiger partial charge in [0.25, 0.3) is 0 Å². The number of anilines is 1. The van der Waals surface area contributed by atoms with Crippen LogP contribution in [0.2, 0.25) is 0 Å². The first kappa shape index (κ1) is 13.9. The minimum atomic E-state index is 0.526. The summed E-state index contributed by atoms with van der Waals surface area (Å²) in [6.07, 6.45) is 5.19. The maximum absolute atomic E-state index is 9.03. The predicted octanol–water partition coefficient (Wildman–Crippen LogP) is 4.27. The zero-order chi connectivity index (χ0) is 13.9. The topological polar surface area (TPSA) is 27.0 Å². The fourth-order valence-electron chi connectivity index (χ4n) is 3.46. The van der Waals surface area contributed by atoms with Gasteiger partial charge in [0, 0.05) is 24.2 Å². The van der Waals surface area contributed by atoms with Crippen molar-refractivity contribution < 1.29 is 0 Å². The van der Waals surface area contributed by atoms with E-state index in [2.05, 4.69) is 37.8 Å². The lowest BCUT2D eigenvalue weighted by atomic mass is 9.72. The summed E-state index contributed by atoms with van der Waals surface area (Å²) >= 11 is 0. The highest BCUT2D eigenvalue weighted by Gasteiger charge is 2.41. The van der Waals surface area contributed by atoms with Crippen molar-refractivity contribution in [3.63, 3.8) is 0 Å².